The molecule has 3 N–H and O–H groups in total. The van der Waals surface area contributed by atoms with Crippen LogP contribution in [0.2, 0.25) is 0 Å². The Labute approximate surface area is 263 Å². The summed E-state index contributed by atoms with van der Waals surface area (Å²) < 4.78 is 12.0. The first-order valence-electron chi connectivity index (χ1n) is 15.3. The summed E-state index contributed by atoms with van der Waals surface area (Å²) in [5.41, 5.74) is 0.391. The number of fused-ring (bicyclic) bond motifs is 1. The Morgan fingerprint density at radius 2 is 2.00 bits per heavy atom. The van der Waals surface area contributed by atoms with Crippen molar-refractivity contribution in [2.24, 2.45) is 0 Å². The van der Waals surface area contributed by atoms with Crippen LogP contribution in [0.4, 0.5) is 11.5 Å². The van der Waals surface area contributed by atoms with Gasteiger partial charge in [0.15, 0.2) is 17.3 Å². The molecule has 3 aromatic rings. The van der Waals surface area contributed by atoms with Crippen LogP contribution in [-0.2, 0) is 0 Å². The number of methoxy groups -OCH3 is 1. The second-order valence-electron chi connectivity index (χ2n) is 11.7. The number of hydrogen-bond donors (Lipinski definition) is 3. The lowest BCUT2D eigenvalue weighted by atomic mass is 10.1. The largest absolute Gasteiger partial charge is 0.508 e. The highest BCUT2D eigenvalue weighted by Crippen LogP contribution is 2.35. The van der Waals surface area contributed by atoms with Crippen molar-refractivity contribution in [1.29, 1.82) is 5.26 Å². The fourth-order valence-corrected chi connectivity index (χ4v) is 6.34. The van der Waals surface area contributed by atoms with Crippen molar-refractivity contribution in [2.75, 3.05) is 50.1 Å². The molecule has 0 aliphatic carbocycles. The van der Waals surface area contributed by atoms with Gasteiger partial charge in [0, 0.05) is 49.2 Å². The summed E-state index contributed by atoms with van der Waals surface area (Å²) in [6.07, 6.45) is 2.78. The number of piperazine rings is 1. The normalized spacial score (nSPS) is 19.8. The van der Waals surface area contributed by atoms with Crippen LogP contribution in [0.3, 0.4) is 0 Å². The lowest BCUT2D eigenvalue weighted by molar-refractivity contribution is 0.00427. The van der Waals surface area contributed by atoms with E-state index in [1.807, 2.05) is 34.1 Å². The van der Waals surface area contributed by atoms with E-state index in [9.17, 15) is 20.3 Å². The number of nitriles is 1. The summed E-state index contributed by atoms with van der Waals surface area (Å²) in [5.74, 6) is -0.0357. The standard InChI is InChI=1S/C33H41N7O5/c1-5-28(42)40-16-15-38(19-23(40)12-13-34)31-30(44-4)29(36-33(37-31)45-20-24-10-8-14-39(24)21(2)3)32(43)35-27-18-25(41)17-22-9-6-7-11-26(22)27/h5-7,9,11,17-18,21,23-24,28,41-42H,1,8,10,12,14-16,19-20H2,2-4H3,(H,35,43)/t23-,24-,28?/m0/s1. The number of phenols is 1. The molecule has 12 heteroatoms. The van der Waals surface area contributed by atoms with E-state index in [0.717, 1.165) is 30.2 Å². The quantitative estimate of drug-likeness (QED) is 0.271. The number of hydrogen-bond acceptors (Lipinski definition) is 11. The second-order valence-corrected chi connectivity index (χ2v) is 11.7. The minimum absolute atomic E-state index is 0.0118. The Morgan fingerprint density at radius 3 is 2.73 bits per heavy atom. The molecule has 1 unspecified atom stereocenters. The molecule has 5 rings (SSSR count). The highest BCUT2D eigenvalue weighted by atomic mass is 16.5. The van der Waals surface area contributed by atoms with E-state index in [1.165, 1.54) is 19.3 Å². The molecule has 0 bridgehead atoms. The SMILES string of the molecule is C=CC(O)N1CCN(c2nc(OC[C@@H]3CCCN3C(C)C)nc(C(=O)Nc3cc(O)cc4ccccc34)c2OC)C[C@@H]1CC#N. The van der Waals surface area contributed by atoms with Crippen molar-refractivity contribution in [3.05, 3.63) is 54.7 Å². The van der Waals surface area contributed by atoms with Crippen LogP contribution in [0.25, 0.3) is 10.8 Å². The molecular formula is C33H41N7O5. The molecule has 2 fully saturated rings. The zero-order valence-electron chi connectivity index (χ0n) is 26.0. The first-order chi connectivity index (χ1) is 21.7. The smallest absolute Gasteiger partial charge is 0.319 e. The Hall–Kier alpha value is -4.44. The number of anilines is 2. The van der Waals surface area contributed by atoms with Crippen LogP contribution < -0.4 is 19.7 Å². The molecule has 12 nitrogen and oxygen atoms in total. The second kappa shape index (κ2) is 14.1. The van der Waals surface area contributed by atoms with Crippen LogP contribution in [-0.4, -0.2) is 100 Å². The molecule has 2 saturated heterocycles. The van der Waals surface area contributed by atoms with E-state index in [2.05, 4.69) is 41.7 Å². The van der Waals surface area contributed by atoms with E-state index >= 15 is 0 Å². The van der Waals surface area contributed by atoms with Gasteiger partial charge in [-0.15, -0.1) is 0 Å². The number of rotatable bonds is 11. The number of nitrogens with zero attached hydrogens (tertiary/aromatic N) is 6. The van der Waals surface area contributed by atoms with Gasteiger partial charge in [0.1, 0.15) is 18.6 Å². The number of benzene rings is 2. The molecule has 45 heavy (non-hydrogen) atoms. The zero-order chi connectivity index (χ0) is 32.1. The lowest BCUT2D eigenvalue weighted by Gasteiger charge is -2.42. The Morgan fingerprint density at radius 1 is 1.20 bits per heavy atom. The third-order valence-corrected chi connectivity index (χ3v) is 8.54. The van der Waals surface area contributed by atoms with E-state index in [4.69, 9.17) is 14.5 Å². The Bertz CT molecular complexity index is 1580. The summed E-state index contributed by atoms with van der Waals surface area (Å²) in [7, 11) is 1.45. The van der Waals surface area contributed by atoms with Crippen molar-refractivity contribution in [1.82, 2.24) is 19.8 Å². The maximum absolute atomic E-state index is 13.9. The van der Waals surface area contributed by atoms with Gasteiger partial charge in [-0.3, -0.25) is 14.6 Å². The lowest BCUT2D eigenvalue weighted by Crippen LogP contribution is -2.56. The van der Waals surface area contributed by atoms with Crippen molar-refractivity contribution in [2.45, 2.75) is 57.5 Å². The number of carbonyl (C=O) groups is 1. The number of aromatic nitrogens is 2. The third-order valence-electron chi connectivity index (χ3n) is 8.54. The van der Waals surface area contributed by atoms with Crippen molar-refractivity contribution >= 4 is 28.2 Å². The van der Waals surface area contributed by atoms with Crippen LogP contribution in [0.15, 0.2) is 49.1 Å². The molecule has 2 aliphatic heterocycles. The van der Waals surface area contributed by atoms with Gasteiger partial charge in [0.2, 0.25) is 0 Å². The minimum atomic E-state index is -0.898. The maximum atomic E-state index is 13.9. The van der Waals surface area contributed by atoms with Gasteiger partial charge >= 0.3 is 6.01 Å². The van der Waals surface area contributed by atoms with E-state index in [1.54, 1.807) is 6.07 Å². The number of nitrogens with one attached hydrogen (secondary N) is 1. The molecule has 2 aromatic carbocycles. The number of likely N-dealkylation sites (tertiary alicyclic amines) is 1. The van der Waals surface area contributed by atoms with Crippen molar-refractivity contribution < 1.29 is 24.5 Å². The van der Waals surface area contributed by atoms with Gasteiger partial charge in [-0.1, -0.05) is 30.8 Å². The molecule has 0 spiro atoms. The number of ether oxygens (including phenoxy) is 2. The van der Waals surface area contributed by atoms with Crippen LogP contribution in [0.5, 0.6) is 17.5 Å². The average molecular weight is 616 g/mol. The highest BCUT2D eigenvalue weighted by Gasteiger charge is 2.34. The predicted molar refractivity (Wildman–Crippen MR) is 172 cm³/mol. The van der Waals surface area contributed by atoms with Crippen molar-refractivity contribution in [3.8, 4) is 23.6 Å². The molecule has 1 aromatic heterocycles. The van der Waals surface area contributed by atoms with Crippen LogP contribution in [0, 0.1) is 11.3 Å². The predicted octanol–water partition coefficient (Wildman–Crippen LogP) is 3.76. The van der Waals surface area contributed by atoms with Gasteiger partial charge in [0.25, 0.3) is 5.91 Å². The molecule has 3 atom stereocenters. The summed E-state index contributed by atoms with van der Waals surface area (Å²) in [6, 6.07) is 13.0. The fourth-order valence-electron chi connectivity index (χ4n) is 6.34. The number of aliphatic hydroxyl groups is 1. The van der Waals surface area contributed by atoms with Gasteiger partial charge < -0.3 is 29.9 Å². The summed E-state index contributed by atoms with van der Waals surface area (Å²) >= 11 is 0. The number of amides is 1. The monoisotopic (exact) mass is 615 g/mol. The van der Waals surface area contributed by atoms with Crippen molar-refractivity contribution in [3.63, 3.8) is 0 Å². The van der Waals surface area contributed by atoms with Gasteiger partial charge in [0.05, 0.1) is 25.3 Å². The van der Waals surface area contributed by atoms with E-state index in [0.29, 0.717) is 43.8 Å². The third kappa shape index (κ3) is 6.96. The highest BCUT2D eigenvalue weighted by molar-refractivity contribution is 6.10. The first-order valence-corrected chi connectivity index (χ1v) is 15.3. The van der Waals surface area contributed by atoms with E-state index < -0.39 is 12.1 Å². The van der Waals surface area contributed by atoms with Gasteiger partial charge in [-0.25, -0.2) is 0 Å². The van der Waals surface area contributed by atoms with Crippen LogP contribution >= 0.6 is 0 Å². The number of aromatic hydroxyl groups is 1. The first kappa shape index (κ1) is 32.0. The molecule has 3 heterocycles. The molecular weight excluding hydrogens is 574 g/mol. The van der Waals surface area contributed by atoms with Crippen LogP contribution in [0.1, 0.15) is 43.6 Å². The maximum Gasteiger partial charge on any atom is 0.319 e. The average Bonchev–Trinajstić information content (AvgIpc) is 3.52. The Balaban J connectivity index is 1.52. The van der Waals surface area contributed by atoms with E-state index in [-0.39, 0.29) is 41.7 Å². The zero-order valence-corrected chi connectivity index (χ0v) is 26.0. The molecule has 0 saturated carbocycles. The topological polar surface area (TPSA) is 147 Å². The molecule has 2 aliphatic rings. The Kier molecular flexibility index (Phi) is 10.0. The number of phenolic OH excluding ortho intramolecular Hbond substituents is 1. The van der Waals surface area contributed by atoms with Gasteiger partial charge in [-0.2, -0.15) is 15.2 Å². The minimum Gasteiger partial charge on any atom is -0.508 e. The number of aliphatic hydroxyl groups excluding tert-OH is 1. The molecule has 238 valence electrons. The van der Waals surface area contributed by atoms with Gasteiger partial charge in [-0.05, 0) is 50.8 Å². The summed E-state index contributed by atoms with van der Waals surface area (Å²) in [6.45, 7) is 10.6. The fraction of sp³-hybridized carbons (Fsp3) is 0.455. The summed E-state index contributed by atoms with van der Waals surface area (Å²) in [5, 5.41) is 34.8. The summed E-state index contributed by atoms with van der Waals surface area (Å²) in [4.78, 5) is 29.4. The molecule has 0 radical (unpaired) electrons. The number of carbonyl (C=O) groups excluding carboxylic acids is 1. The molecule has 1 amide bonds.